The van der Waals surface area contributed by atoms with Crippen LogP contribution in [-0.4, -0.2) is 17.8 Å². The molecule has 3 rings (SSSR count). The molecule has 1 aromatic heterocycles. The number of nitrogens with two attached hydrogens (primary N) is 1. The second-order valence-corrected chi connectivity index (χ2v) is 5.50. The molecule has 0 unspecified atom stereocenters. The molecule has 0 aliphatic carbocycles. The van der Waals surface area contributed by atoms with E-state index in [9.17, 15) is 0 Å². The number of nitrogens with one attached hydrogen (secondary N) is 1. The van der Waals surface area contributed by atoms with E-state index in [1.165, 1.54) is 11.3 Å². The number of ether oxygens (including phenoxy) is 1. The van der Waals surface area contributed by atoms with Gasteiger partial charge in [-0.3, -0.25) is 5.43 Å². The van der Waals surface area contributed by atoms with Gasteiger partial charge in [-0.05, 0) is 16.8 Å². The Morgan fingerprint density at radius 1 is 1.35 bits per heavy atom. The Labute approximate surface area is 137 Å². The minimum Gasteiger partial charge on any atom is -0.480 e. The van der Waals surface area contributed by atoms with E-state index < -0.39 is 0 Å². The third kappa shape index (κ3) is 3.42. The van der Waals surface area contributed by atoms with E-state index in [0.717, 1.165) is 16.3 Å². The summed E-state index contributed by atoms with van der Waals surface area (Å²) in [4.78, 5) is 4.09. The molecular weight excluding hydrogens is 308 g/mol. The number of terminal acetylenes is 1. The minimum absolute atomic E-state index is 0.204. The van der Waals surface area contributed by atoms with Crippen molar-refractivity contribution in [3.05, 3.63) is 47.3 Å². The van der Waals surface area contributed by atoms with E-state index in [0.29, 0.717) is 16.7 Å². The Balaban J connectivity index is 1.94. The van der Waals surface area contributed by atoms with Crippen LogP contribution in [-0.2, 0) is 0 Å². The van der Waals surface area contributed by atoms with E-state index in [-0.39, 0.29) is 6.61 Å². The Morgan fingerprint density at radius 3 is 3.00 bits per heavy atom. The molecule has 2 aromatic carbocycles. The fourth-order valence-electron chi connectivity index (χ4n) is 2.14. The average Bonchev–Trinajstić information content (AvgIpc) is 2.99. The SMILES string of the molecule is C#CCOc1ccc2ccccc2c1C=NNc1nc(N)cs1. The van der Waals surface area contributed by atoms with Crippen molar-refractivity contribution in [2.75, 3.05) is 17.8 Å². The summed E-state index contributed by atoms with van der Waals surface area (Å²) in [5, 5.41) is 8.74. The van der Waals surface area contributed by atoms with Gasteiger partial charge in [0, 0.05) is 10.9 Å². The molecule has 0 atom stereocenters. The minimum atomic E-state index is 0.204. The molecule has 0 aliphatic rings. The van der Waals surface area contributed by atoms with Crippen molar-refractivity contribution in [1.29, 1.82) is 0 Å². The van der Waals surface area contributed by atoms with Crippen LogP contribution in [0.25, 0.3) is 10.8 Å². The Kier molecular flexibility index (Phi) is 4.41. The maximum atomic E-state index is 5.61. The summed E-state index contributed by atoms with van der Waals surface area (Å²) in [6.07, 6.45) is 6.98. The third-order valence-electron chi connectivity index (χ3n) is 3.12. The predicted molar refractivity (Wildman–Crippen MR) is 96.0 cm³/mol. The highest BCUT2D eigenvalue weighted by Gasteiger charge is 2.07. The molecule has 0 amide bonds. The van der Waals surface area contributed by atoms with Gasteiger partial charge in [0.05, 0.1) is 6.21 Å². The first-order valence-electron chi connectivity index (χ1n) is 6.86. The summed E-state index contributed by atoms with van der Waals surface area (Å²) in [6.45, 7) is 0.204. The zero-order valence-electron chi connectivity index (χ0n) is 12.2. The molecule has 3 N–H and O–H groups in total. The van der Waals surface area contributed by atoms with Crippen LogP contribution in [0.15, 0.2) is 46.9 Å². The van der Waals surface area contributed by atoms with Gasteiger partial charge in [0.15, 0.2) is 0 Å². The molecule has 0 bridgehead atoms. The lowest BCUT2D eigenvalue weighted by Crippen LogP contribution is -1.99. The predicted octanol–water partition coefficient (Wildman–Crippen LogP) is 3.34. The van der Waals surface area contributed by atoms with Gasteiger partial charge in [0.2, 0.25) is 5.13 Å². The summed E-state index contributed by atoms with van der Waals surface area (Å²) < 4.78 is 5.61. The van der Waals surface area contributed by atoms with Gasteiger partial charge in [-0.15, -0.1) is 17.8 Å². The molecule has 6 heteroatoms. The van der Waals surface area contributed by atoms with Crippen molar-refractivity contribution < 1.29 is 4.74 Å². The fraction of sp³-hybridized carbons (Fsp3) is 0.0588. The molecule has 0 aliphatic heterocycles. The van der Waals surface area contributed by atoms with Crippen molar-refractivity contribution in [3.8, 4) is 18.1 Å². The third-order valence-corrected chi connectivity index (χ3v) is 3.88. The number of hydrazone groups is 1. The summed E-state index contributed by atoms with van der Waals surface area (Å²) in [6, 6.07) is 11.9. The van der Waals surface area contributed by atoms with Gasteiger partial charge < -0.3 is 10.5 Å². The molecule has 114 valence electrons. The highest BCUT2D eigenvalue weighted by molar-refractivity contribution is 7.14. The molecule has 1 heterocycles. The molecule has 0 radical (unpaired) electrons. The number of anilines is 2. The number of rotatable bonds is 5. The zero-order chi connectivity index (χ0) is 16.1. The lowest BCUT2D eigenvalue weighted by molar-refractivity contribution is 0.370. The van der Waals surface area contributed by atoms with Crippen molar-refractivity contribution in [2.24, 2.45) is 5.10 Å². The van der Waals surface area contributed by atoms with Crippen molar-refractivity contribution in [3.63, 3.8) is 0 Å². The van der Waals surface area contributed by atoms with E-state index in [1.54, 1.807) is 11.6 Å². The molecule has 0 saturated heterocycles. The number of benzene rings is 2. The molecule has 5 nitrogen and oxygen atoms in total. The average molecular weight is 322 g/mol. The Bertz CT molecular complexity index is 895. The number of fused-ring (bicyclic) bond motifs is 1. The van der Waals surface area contributed by atoms with Crippen LogP contribution in [0.2, 0.25) is 0 Å². The van der Waals surface area contributed by atoms with Gasteiger partial charge in [-0.25, -0.2) is 4.98 Å². The number of nitrogen functional groups attached to an aromatic ring is 1. The van der Waals surface area contributed by atoms with Gasteiger partial charge in [0.1, 0.15) is 18.2 Å². The first-order valence-corrected chi connectivity index (χ1v) is 7.74. The highest BCUT2D eigenvalue weighted by Crippen LogP contribution is 2.27. The van der Waals surface area contributed by atoms with Crippen LogP contribution in [0, 0.1) is 12.3 Å². The van der Waals surface area contributed by atoms with Crippen LogP contribution < -0.4 is 15.9 Å². The van der Waals surface area contributed by atoms with Gasteiger partial charge in [0.25, 0.3) is 0 Å². The second-order valence-electron chi connectivity index (χ2n) is 4.64. The summed E-state index contributed by atoms with van der Waals surface area (Å²) in [5.74, 6) is 3.63. The molecule has 0 spiro atoms. The summed E-state index contributed by atoms with van der Waals surface area (Å²) in [5.41, 5.74) is 9.30. The lowest BCUT2D eigenvalue weighted by atomic mass is 10.0. The largest absolute Gasteiger partial charge is 0.480 e. The van der Waals surface area contributed by atoms with Crippen LogP contribution in [0.1, 0.15) is 5.56 Å². The Morgan fingerprint density at radius 2 is 2.22 bits per heavy atom. The van der Waals surface area contributed by atoms with Crippen LogP contribution in [0.3, 0.4) is 0 Å². The van der Waals surface area contributed by atoms with Crippen molar-refractivity contribution in [1.82, 2.24) is 4.98 Å². The first kappa shape index (κ1) is 14.9. The molecule has 0 saturated carbocycles. The molecule has 0 fully saturated rings. The van der Waals surface area contributed by atoms with Crippen molar-refractivity contribution >= 4 is 39.3 Å². The van der Waals surface area contributed by atoms with Gasteiger partial charge in [-0.2, -0.15) is 5.10 Å². The van der Waals surface area contributed by atoms with E-state index in [4.69, 9.17) is 16.9 Å². The topological polar surface area (TPSA) is 72.5 Å². The van der Waals surface area contributed by atoms with Crippen LogP contribution in [0.5, 0.6) is 5.75 Å². The second kappa shape index (κ2) is 6.81. The molecule has 3 aromatic rings. The maximum absolute atomic E-state index is 5.61. The number of nitrogens with zero attached hydrogens (tertiary/aromatic N) is 2. The van der Waals surface area contributed by atoms with Crippen LogP contribution >= 0.6 is 11.3 Å². The number of aromatic nitrogens is 1. The fourth-order valence-corrected chi connectivity index (χ4v) is 2.69. The summed E-state index contributed by atoms with van der Waals surface area (Å²) >= 11 is 1.39. The molecule has 23 heavy (non-hydrogen) atoms. The Hall–Kier alpha value is -3.04. The van der Waals surface area contributed by atoms with Gasteiger partial charge in [-0.1, -0.05) is 36.3 Å². The van der Waals surface area contributed by atoms with E-state index >= 15 is 0 Å². The number of hydrogen-bond donors (Lipinski definition) is 2. The first-order chi connectivity index (χ1) is 11.3. The highest BCUT2D eigenvalue weighted by atomic mass is 32.1. The zero-order valence-corrected chi connectivity index (χ0v) is 13.0. The van der Waals surface area contributed by atoms with E-state index in [1.807, 2.05) is 36.4 Å². The smallest absolute Gasteiger partial charge is 0.205 e. The number of hydrogen-bond acceptors (Lipinski definition) is 6. The summed E-state index contributed by atoms with van der Waals surface area (Å²) in [7, 11) is 0. The van der Waals surface area contributed by atoms with E-state index in [2.05, 4.69) is 21.4 Å². The quantitative estimate of drug-likeness (QED) is 0.429. The molecular formula is C17H14N4OS. The monoisotopic (exact) mass is 322 g/mol. The van der Waals surface area contributed by atoms with Crippen molar-refractivity contribution in [2.45, 2.75) is 0 Å². The normalized spacial score (nSPS) is 10.7. The van der Waals surface area contributed by atoms with Gasteiger partial charge >= 0.3 is 0 Å². The standard InChI is InChI=1S/C17H14N4OS/c1-2-9-22-15-8-7-12-5-3-4-6-13(12)14(15)10-19-21-17-20-16(18)11-23-17/h1,3-8,10-11H,9,18H2,(H,20,21). The lowest BCUT2D eigenvalue weighted by Gasteiger charge is -2.09. The maximum Gasteiger partial charge on any atom is 0.205 e. The van der Waals surface area contributed by atoms with Crippen LogP contribution in [0.4, 0.5) is 10.9 Å². The number of thiazole rings is 1.